The summed E-state index contributed by atoms with van der Waals surface area (Å²) in [5.74, 6) is 1.46. The van der Waals surface area contributed by atoms with E-state index in [-0.39, 0.29) is 0 Å². The molecule has 0 aromatic carbocycles. The van der Waals surface area contributed by atoms with Crippen LogP contribution in [0, 0.1) is 11.8 Å². The van der Waals surface area contributed by atoms with E-state index < -0.39 is 0 Å². The highest BCUT2D eigenvalue weighted by Gasteiger charge is 2.35. The smallest absolute Gasteiger partial charge is 0.0852 e. The van der Waals surface area contributed by atoms with Gasteiger partial charge in [0.2, 0.25) is 0 Å². The summed E-state index contributed by atoms with van der Waals surface area (Å²) in [5, 5.41) is 0. The van der Waals surface area contributed by atoms with Crippen molar-refractivity contribution in [2.45, 2.75) is 13.8 Å². The molecule has 1 aliphatic rings. The topological polar surface area (TPSA) is 38.4 Å². The van der Waals surface area contributed by atoms with E-state index in [1.54, 1.807) is 0 Å². The Morgan fingerprint density at radius 2 is 2.00 bits per heavy atom. The van der Waals surface area contributed by atoms with Gasteiger partial charge in [-0.1, -0.05) is 13.8 Å². The van der Waals surface area contributed by atoms with Gasteiger partial charge in [0.1, 0.15) is 0 Å². The lowest BCUT2D eigenvalue weighted by Gasteiger charge is -1.71. The molecule has 1 fully saturated rings. The molecule has 0 heterocycles. The summed E-state index contributed by atoms with van der Waals surface area (Å²) in [6.45, 7) is 4.39. The summed E-state index contributed by atoms with van der Waals surface area (Å²) in [4.78, 5) is 3.83. The molecule has 0 spiro atoms. The molecule has 0 aromatic rings. The van der Waals surface area contributed by atoms with Gasteiger partial charge in [0.15, 0.2) is 0 Å². The molecule has 0 aliphatic heterocycles. The second-order valence-corrected chi connectivity index (χ2v) is 2.50. The van der Waals surface area contributed by atoms with E-state index in [1.165, 1.54) is 11.9 Å². The monoisotopic (exact) mass is 124 g/mol. The zero-order valence-electron chi connectivity index (χ0n) is 5.83. The SMILES string of the molecule is CC1C(=CN=CN)C1C. The fourth-order valence-corrected chi connectivity index (χ4v) is 0.964. The molecule has 0 radical (unpaired) electrons. The first-order chi connectivity index (χ1) is 4.27. The third-order valence-corrected chi connectivity index (χ3v) is 2.00. The van der Waals surface area contributed by atoms with E-state index in [0.29, 0.717) is 0 Å². The van der Waals surface area contributed by atoms with Gasteiger partial charge < -0.3 is 5.73 Å². The maximum atomic E-state index is 5.06. The van der Waals surface area contributed by atoms with Gasteiger partial charge in [-0.3, -0.25) is 0 Å². The number of aliphatic imine (C=N–C) groups is 1. The van der Waals surface area contributed by atoms with Crippen LogP contribution in [-0.4, -0.2) is 6.34 Å². The van der Waals surface area contributed by atoms with Crippen molar-refractivity contribution in [2.75, 3.05) is 0 Å². The Morgan fingerprint density at radius 1 is 1.44 bits per heavy atom. The highest BCUT2D eigenvalue weighted by atomic mass is 14.8. The van der Waals surface area contributed by atoms with Gasteiger partial charge in [0.05, 0.1) is 6.34 Å². The Morgan fingerprint density at radius 3 is 2.33 bits per heavy atom. The molecule has 1 aliphatic carbocycles. The molecule has 50 valence electrons. The molecule has 2 heteroatoms. The highest BCUT2D eigenvalue weighted by molar-refractivity contribution is 5.52. The van der Waals surface area contributed by atoms with Crippen molar-refractivity contribution in [1.29, 1.82) is 0 Å². The molecule has 9 heavy (non-hydrogen) atoms. The van der Waals surface area contributed by atoms with Crippen LogP contribution in [0.1, 0.15) is 13.8 Å². The van der Waals surface area contributed by atoms with Crippen LogP contribution in [-0.2, 0) is 0 Å². The van der Waals surface area contributed by atoms with Gasteiger partial charge in [0, 0.05) is 6.20 Å². The minimum absolute atomic E-state index is 0.730. The maximum Gasteiger partial charge on any atom is 0.0852 e. The largest absolute Gasteiger partial charge is 0.390 e. The standard InChI is InChI=1S/C7H12N2/c1-5-6(2)7(5)3-9-4-8/h3-6H,1-2H3,(H2,8,9). The van der Waals surface area contributed by atoms with Crippen LogP contribution in [0.25, 0.3) is 0 Å². The summed E-state index contributed by atoms with van der Waals surface area (Å²) in [6, 6.07) is 0. The first-order valence-corrected chi connectivity index (χ1v) is 3.20. The van der Waals surface area contributed by atoms with Crippen molar-refractivity contribution in [3.8, 4) is 0 Å². The Labute approximate surface area is 55.5 Å². The van der Waals surface area contributed by atoms with E-state index in [2.05, 4.69) is 18.8 Å². The van der Waals surface area contributed by atoms with Crippen LogP contribution in [0.2, 0.25) is 0 Å². The summed E-state index contributed by atoms with van der Waals surface area (Å²) in [7, 11) is 0. The quantitative estimate of drug-likeness (QED) is 0.413. The van der Waals surface area contributed by atoms with Gasteiger partial charge in [-0.25, -0.2) is 4.99 Å². The Balaban J connectivity index is 2.47. The van der Waals surface area contributed by atoms with Crippen LogP contribution in [0.4, 0.5) is 0 Å². The number of nitrogens with two attached hydrogens (primary N) is 1. The van der Waals surface area contributed by atoms with Gasteiger partial charge >= 0.3 is 0 Å². The highest BCUT2D eigenvalue weighted by Crippen LogP contribution is 2.44. The summed E-state index contributed by atoms with van der Waals surface area (Å²) in [5.41, 5.74) is 6.47. The van der Waals surface area contributed by atoms with Gasteiger partial charge in [-0.05, 0) is 17.4 Å². The van der Waals surface area contributed by atoms with Crippen molar-refractivity contribution in [3.05, 3.63) is 11.8 Å². The molecule has 2 atom stereocenters. The first kappa shape index (κ1) is 6.33. The Bertz CT molecular complexity index is 148. The second kappa shape index (κ2) is 2.21. The number of hydrogen-bond donors (Lipinski definition) is 1. The van der Waals surface area contributed by atoms with E-state index >= 15 is 0 Å². The van der Waals surface area contributed by atoms with Crippen LogP contribution in [0.15, 0.2) is 16.8 Å². The minimum atomic E-state index is 0.730. The summed E-state index contributed by atoms with van der Waals surface area (Å²) < 4.78 is 0. The van der Waals surface area contributed by atoms with E-state index in [4.69, 9.17) is 5.73 Å². The lowest BCUT2D eigenvalue weighted by molar-refractivity contribution is 0.834. The van der Waals surface area contributed by atoms with Gasteiger partial charge in [-0.15, -0.1) is 0 Å². The Hall–Kier alpha value is -0.790. The van der Waals surface area contributed by atoms with Crippen molar-refractivity contribution in [2.24, 2.45) is 22.6 Å². The summed E-state index contributed by atoms with van der Waals surface area (Å²) >= 11 is 0. The molecule has 1 saturated carbocycles. The number of allylic oxidation sites excluding steroid dienone is 1. The predicted molar refractivity (Wildman–Crippen MR) is 39.1 cm³/mol. The molecule has 2 N–H and O–H groups in total. The third-order valence-electron chi connectivity index (χ3n) is 2.00. The number of rotatable bonds is 1. The van der Waals surface area contributed by atoms with Crippen LogP contribution in [0.3, 0.4) is 0 Å². The second-order valence-electron chi connectivity index (χ2n) is 2.50. The molecule has 0 amide bonds. The van der Waals surface area contributed by atoms with E-state index in [0.717, 1.165) is 11.8 Å². The van der Waals surface area contributed by atoms with Crippen LogP contribution >= 0.6 is 0 Å². The predicted octanol–water partition coefficient (Wildman–Crippen LogP) is 1.14. The molecule has 2 unspecified atom stereocenters. The van der Waals surface area contributed by atoms with Gasteiger partial charge in [0.25, 0.3) is 0 Å². The molecular formula is C7H12N2. The lowest BCUT2D eigenvalue weighted by Crippen LogP contribution is -1.85. The molecule has 0 aromatic heterocycles. The average Bonchev–Trinajstić information content (AvgIpc) is 2.39. The van der Waals surface area contributed by atoms with Crippen molar-refractivity contribution < 1.29 is 0 Å². The minimum Gasteiger partial charge on any atom is -0.390 e. The van der Waals surface area contributed by atoms with Crippen molar-refractivity contribution in [1.82, 2.24) is 0 Å². The zero-order chi connectivity index (χ0) is 6.85. The van der Waals surface area contributed by atoms with E-state index in [9.17, 15) is 0 Å². The lowest BCUT2D eigenvalue weighted by atomic mass is 10.4. The number of nitrogens with zero attached hydrogens (tertiary/aromatic N) is 1. The van der Waals surface area contributed by atoms with E-state index in [1.807, 2.05) is 6.20 Å². The van der Waals surface area contributed by atoms with Crippen molar-refractivity contribution >= 4 is 6.34 Å². The zero-order valence-corrected chi connectivity index (χ0v) is 5.83. The fourth-order valence-electron chi connectivity index (χ4n) is 0.964. The van der Waals surface area contributed by atoms with Crippen molar-refractivity contribution in [3.63, 3.8) is 0 Å². The third kappa shape index (κ3) is 1.12. The molecular weight excluding hydrogens is 112 g/mol. The van der Waals surface area contributed by atoms with Gasteiger partial charge in [-0.2, -0.15) is 0 Å². The maximum absolute atomic E-state index is 5.06. The normalized spacial score (nSPS) is 33.3. The fraction of sp³-hybridized carbons (Fsp3) is 0.571. The Kier molecular flexibility index (Phi) is 1.56. The van der Waals surface area contributed by atoms with Crippen LogP contribution in [0.5, 0.6) is 0 Å². The average molecular weight is 124 g/mol. The molecule has 0 bridgehead atoms. The molecule has 0 saturated heterocycles. The summed E-state index contributed by atoms with van der Waals surface area (Å²) in [6.07, 6.45) is 3.18. The first-order valence-electron chi connectivity index (χ1n) is 3.20. The number of hydrogen-bond acceptors (Lipinski definition) is 1. The molecule has 1 rings (SSSR count). The van der Waals surface area contributed by atoms with Crippen LogP contribution < -0.4 is 5.73 Å². The molecule has 2 nitrogen and oxygen atoms in total.